The molecular weight excluding hydrogens is 394 g/mol. The third-order valence-corrected chi connectivity index (χ3v) is 5.46. The van der Waals surface area contributed by atoms with Gasteiger partial charge in [-0.2, -0.15) is 0 Å². The van der Waals surface area contributed by atoms with Gasteiger partial charge in [0.2, 0.25) is 0 Å². The van der Waals surface area contributed by atoms with Crippen LogP contribution in [0.15, 0.2) is 47.5 Å². The second-order valence-electron chi connectivity index (χ2n) is 6.61. The third-order valence-electron chi connectivity index (χ3n) is 4.87. The summed E-state index contributed by atoms with van der Waals surface area (Å²) >= 11 is 3.47. The van der Waals surface area contributed by atoms with Crippen molar-refractivity contribution in [1.82, 2.24) is 19.7 Å². The molecule has 26 heavy (non-hydrogen) atoms. The number of imidazole rings is 1. The summed E-state index contributed by atoms with van der Waals surface area (Å²) in [5.74, 6) is 2.24. The fraction of sp³-hybridized carbons (Fsp3) is 0.368. The number of nitrogens with one attached hydrogen (secondary N) is 2. The van der Waals surface area contributed by atoms with Gasteiger partial charge < -0.3 is 15.4 Å². The number of benzene rings is 1. The van der Waals surface area contributed by atoms with E-state index in [0.29, 0.717) is 5.92 Å². The van der Waals surface area contributed by atoms with E-state index in [-0.39, 0.29) is 6.10 Å². The molecule has 3 aromatic rings. The lowest BCUT2D eigenvalue weighted by Gasteiger charge is -2.28. The van der Waals surface area contributed by atoms with E-state index in [2.05, 4.69) is 43.5 Å². The predicted octanol–water partition coefficient (Wildman–Crippen LogP) is 4.00. The molecule has 0 bridgehead atoms. The third kappa shape index (κ3) is 3.68. The van der Waals surface area contributed by atoms with Gasteiger partial charge in [0.15, 0.2) is 11.5 Å². The Morgan fingerprint density at radius 1 is 1.23 bits per heavy atom. The largest absolute Gasteiger partial charge is 0.490 e. The van der Waals surface area contributed by atoms with E-state index in [4.69, 9.17) is 4.74 Å². The highest BCUT2D eigenvalue weighted by atomic mass is 79.9. The topological polar surface area (TPSA) is 63.5 Å². The van der Waals surface area contributed by atoms with Crippen molar-refractivity contribution in [3.05, 3.63) is 47.5 Å². The molecule has 3 heterocycles. The maximum Gasteiger partial charge on any atom is 0.181 e. The number of halogens is 1. The number of nitrogens with zero attached hydrogens (tertiary/aromatic N) is 3. The van der Waals surface area contributed by atoms with Gasteiger partial charge in [-0.1, -0.05) is 0 Å². The molecule has 1 fully saturated rings. The lowest BCUT2D eigenvalue weighted by molar-refractivity contribution is 0.128. The molecular formula is C19H22BrN5O. The van der Waals surface area contributed by atoms with E-state index in [1.54, 1.807) is 12.4 Å². The minimum absolute atomic E-state index is 0.230. The van der Waals surface area contributed by atoms with Gasteiger partial charge in [0, 0.05) is 18.1 Å². The van der Waals surface area contributed by atoms with Crippen molar-refractivity contribution in [2.24, 2.45) is 5.92 Å². The molecule has 2 N–H and O–H groups in total. The first-order valence-electron chi connectivity index (χ1n) is 8.93. The van der Waals surface area contributed by atoms with Crippen LogP contribution in [0.3, 0.4) is 0 Å². The molecule has 1 aromatic carbocycles. The summed E-state index contributed by atoms with van der Waals surface area (Å²) in [6.07, 6.45) is 7.99. The van der Waals surface area contributed by atoms with Gasteiger partial charge in [-0.25, -0.2) is 9.97 Å². The van der Waals surface area contributed by atoms with Crippen LogP contribution in [-0.4, -0.2) is 33.6 Å². The number of hydrogen-bond acceptors (Lipinski definition) is 5. The second-order valence-corrected chi connectivity index (χ2v) is 7.42. The Morgan fingerprint density at radius 3 is 2.77 bits per heavy atom. The van der Waals surface area contributed by atoms with Gasteiger partial charge in [0.1, 0.15) is 10.4 Å². The summed E-state index contributed by atoms with van der Waals surface area (Å²) < 4.78 is 8.94. The molecule has 1 unspecified atom stereocenters. The quantitative estimate of drug-likeness (QED) is 0.658. The fourth-order valence-electron chi connectivity index (χ4n) is 3.36. The van der Waals surface area contributed by atoms with Gasteiger partial charge in [-0.3, -0.25) is 4.40 Å². The molecule has 4 rings (SSSR count). The molecule has 1 atom stereocenters. The SMILES string of the molecule is CC(Oc1ccc(Nc2ncc(Br)n3ccnc23)cc1)C1CCNCC1. The van der Waals surface area contributed by atoms with Gasteiger partial charge >= 0.3 is 0 Å². The maximum atomic E-state index is 6.14. The van der Waals surface area contributed by atoms with E-state index >= 15 is 0 Å². The molecule has 0 saturated carbocycles. The van der Waals surface area contributed by atoms with Crippen LogP contribution in [-0.2, 0) is 0 Å². The average Bonchev–Trinajstić information content (AvgIpc) is 3.17. The summed E-state index contributed by atoms with van der Waals surface area (Å²) in [7, 11) is 0. The Morgan fingerprint density at radius 2 is 2.00 bits per heavy atom. The molecule has 0 spiro atoms. The van der Waals surface area contributed by atoms with Crippen molar-refractivity contribution < 1.29 is 4.74 Å². The zero-order valence-corrected chi connectivity index (χ0v) is 16.2. The number of piperidine rings is 1. The molecule has 0 aliphatic carbocycles. The monoisotopic (exact) mass is 415 g/mol. The highest BCUT2D eigenvalue weighted by Crippen LogP contribution is 2.25. The van der Waals surface area contributed by atoms with Crippen molar-refractivity contribution in [2.75, 3.05) is 18.4 Å². The number of hydrogen-bond donors (Lipinski definition) is 2. The standard InChI is InChI=1S/C19H22BrN5O/c1-13(14-6-8-21-9-7-14)26-16-4-2-15(3-5-16)24-18-19-22-10-11-25(19)17(20)12-23-18/h2-5,10-14,21H,6-9H2,1H3,(H,23,24). The minimum atomic E-state index is 0.230. The molecule has 0 radical (unpaired) electrons. The van der Waals surface area contributed by atoms with Crippen LogP contribution in [0.25, 0.3) is 5.65 Å². The molecule has 1 saturated heterocycles. The van der Waals surface area contributed by atoms with Crippen LogP contribution in [0.1, 0.15) is 19.8 Å². The molecule has 0 amide bonds. The summed E-state index contributed by atoms with van der Waals surface area (Å²) in [4.78, 5) is 8.79. The van der Waals surface area contributed by atoms with Gasteiger partial charge in [0.05, 0.1) is 12.3 Å². The number of aromatic nitrogens is 3. The first kappa shape index (κ1) is 17.3. The lowest BCUT2D eigenvalue weighted by atomic mass is 9.93. The van der Waals surface area contributed by atoms with E-state index < -0.39 is 0 Å². The van der Waals surface area contributed by atoms with E-state index in [1.807, 2.05) is 34.9 Å². The number of anilines is 2. The van der Waals surface area contributed by atoms with Crippen LogP contribution in [0.2, 0.25) is 0 Å². The van der Waals surface area contributed by atoms with Crippen molar-refractivity contribution >= 4 is 33.1 Å². The van der Waals surface area contributed by atoms with Gasteiger partial charge in [0.25, 0.3) is 0 Å². The van der Waals surface area contributed by atoms with Crippen molar-refractivity contribution in [1.29, 1.82) is 0 Å². The Balaban J connectivity index is 1.44. The van der Waals surface area contributed by atoms with Crippen LogP contribution in [0.5, 0.6) is 5.75 Å². The van der Waals surface area contributed by atoms with E-state index in [1.165, 1.54) is 12.8 Å². The van der Waals surface area contributed by atoms with Crippen LogP contribution >= 0.6 is 15.9 Å². The molecule has 136 valence electrons. The summed E-state index contributed by atoms with van der Waals surface area (Å²) in [5.41, 5.74) is 1.73. The van der Waals surface area contributed by atoms with Crippen molar-refractivity contribution in [3.63, 3.8) is 0 Å². The molecule has 2 aromatic heterocycles. The van der Waals surface area contributed by atoms with E-state index in [9.17, 15) is 0 Å². The first-order valence-corrected chi connectivity index (χ1v) is 9.72. The van der Waals surface area contributed by atoms with Crippen LogP contribution < -0.4 is 15.4 Å². The number of ether oxygens (including phenoxy) is 1. The van der Waals surface area contributed by atoms with Crippen LogP contribution in [0.4, 0.5) is 11.5 Å². The van der Waals surface area contributed by atoms with Gasteiger partial charge in [-0.15, -0.1) is 0 Å². The first-order chi connectivity index (χ1) is 12.7. The molecule has 7 heteroatoms. The molecule has 1 aliphatic rings. The Labute approximate surface area is 161 Å². The van der Waals surface area contributed by atoms with Crippen molar-refractivity contribution in [2.45, 2.75) is 25.9 Å². The Kier molecular flexibility index (Phi) is 5.08. The number of fused-ring (bicyclic) bond motifs is 1. The second kappa shape index (κ2) is 7.63. The summed E-state index contributed by atoms with van der Waals surface area (Å²) in [5, 5.41) is 6.72. The highest BCUT2D eigenvalue weighted by Gasteiger charge is 2.21. The van der Waals surface area contributed by atoms with Gasteiger partial charge in [-0.05, 0) is 79.0 Å². The zero-order chi connectivity index (χ0) is 17.9. The Hall–Kier alpha value is -2.12. The molecule has 1 aliphatic heterocycles. The van der Waals surface area contributed by atoms with E-state index in [0.717, 1.165) is 40.6 Å². The summed E-state index contributed by atoms with van der Waals surface area (Å²) in [6, 6.07) is 8.02. The minimum Gasteiger partial charge on any atom is -0.490 e. The molecule has 6 nitrogen and oxygen atoms in total. The predicted molar refractivity (Wildman–Crippen MR) is 106 cm³/mol. The fourth-order valence-corrected chi connectivity index (χ4v) is 3.74. The van der Waals surface area contributed by atoms with Crippen LogP contribution in [0, 0.1) is 5.92 Å². The smallest absolute Gasteiger partial charge is 0.181 e. The highest BCUT2D eigenvalue weighted by molar-refractivity contribution is 9.10. The Bertz CT molecular complexity index is 873. The van der Waals surface area contributed by atoms with Crippen molar-refractivity contribution in [3.8, 4) is 5.75 Å². The number of rotatable bonds is 5. The zero-order valence-electron chi connectivity index (χ0n) is 14.7. The summed E-state index contributed by atoms with van der Waals surface area (Å²) in [6.45, 7) is 4.34. The lowest BCUT2D eigenvalue weighted by Crippen LogP contribution is -2.35. The maximum absolute atomic E-state index is 6.14. The average molecular weight is 416 g/mol. The normalized spacial score (nSPS) is 16.5.